The van der Waals surface area contributed by atoms with Crippen LogP contribution < -0.4 is 5.32 Å². The molecule has 1 saturated heterocycles. The summed E-state index contributed by atoms with van der Waals surface area (Å²) >= 11 is 0. The molecule has 126 valence electrons. The summed E-state index contributed by atoms with van der Waals surface area (Å²) in [4.78, 5) is 39.0. The molecule has 1 aliphatic rings. The van der Waals surface area contributed by atoms with Gasteiger partial charge >= 0.3 is 6.09 Å². The number of nitrogens with one attached hydrogen (secondary N) is 1. The highest BCUT2D eigenvalue weighted by atomic mass is 16.6. The molecule has 0 saturated carbocycles. The van der Waals surface area contributed by atoms with Crippen LogP contribution in [-0.2, 0) is 9.53 Å². The van der Waals surface area contributed by atoms with Crippen LogP contribution in [0, 0.1) is 0 Å². The van der Waals surface area contributed by atoms with Crippen molar-refractivity contribution in [3.63, 3.8) is 0 Å². The summed E-state index contributed by atoms with van der Waals surface area (Å²) in [6.45, 7) is 5.37. The van der Waals surface area contributed by atoms with Crippen molar-refractivity contribution < 1.29 is 23.5 Å². The molecular weight excluding hydrogens is 302 g/mol. The Bertz CT molecular complexity index is 549. The Labute approximate surface area is 134 Å². The smallest absolute Gasteiger partial charge is 0.409 e. The molecule has 1 aromatic rings. The number of hydrogen-bond donors (Lipinski definition) is 1. The molecule has 8 nitrogen and oxygen atoms in total. The monoisotopic (exact) mass is 323 g/mol. The SMILES string of the molecule is CCOC(=O)N1CCN(C(=O)[C@H](C)NC(=O)c2ccco2)CC1. The Kier molecular flexibility index (Phi) is 5.61. The van der Waals surface area contributed by atoms with Crippen molar-refractivity contribution in [2.24, 2.45) is 0 Å². The third-order valence-electron chi connectivity index (χ3n) is 3.58. The van der Waals surface area contributed by atoms with E-state index in [4.69, 9.17) is 9.15 Å². The number of ether oxygens (including phenoxy) is 1. The number of rotatable bonds is 4. The maximum atomic E-state index is 12.4. The van der Waals surface area contributed by atoms with Gasteiger partial charge in [-0.25, -0.2) is 4.79 Å². The molecule has 1 N–H and O–H groups in total. The predicted octanol–water partition coefficient (Wildman–Crippen LogP) is 0.699. The lowest BCUT2D eigenvalue weighted by Crippen LogP contribution is -2.55. The predicted molar refractivity (Wildman–Crippen MR) is 80.8 cm³/mol. The molecule has 3 amide bonds. The first kappa shape index (κ1) is 16.9. The fourth-order valence-electron chi connectivity index (χ4n) is 2.34. The lowest BCUT2D eigenvalue weighted by Gasteiger charge is -2.35. The van der Waals surface area contributed by atoms with E-state index in [2.05, 4.69) is 5.32 Å². The van der Waals surface area contributed by atoms with Crippen LogP contribution in [0.4, 0.5) is 4.79 Å². The van der Waals surface area contributed by atoms with Gasteiger partial charge in [-0.2, -0.15) is 0 Å². The molecule has 23 heavy (non-hydrogen) atoms. The first-order valence-corrected chi connectivity index (χ1v) is 7.57. The quantitative estimate of drug-likeness (QED) is 0.880. The van der Waals surface area contributed by atoms with Crippen LogP contribution >= 0.6 is 0 Å². The van der Waals surface area contributed by atoms with Gasteiger partial charge < -0.3 is 24.3 Å². The van der Waals surface area contributed by atoms with Crippen LogP contribution in [-0.4, -0.2) is 66.5 Å². The van der Waals surface area contributed by atoms with Gasteiger partial charge in [-0.15, -0.1) is 0 Å². The van der Waals surface area contributed by atoms with Crippen LogP contribution in [0.25, 0.3) is 0 Å². The Morgan fingerprint density at radius 1 is 1.26 bits per heavy atom. The summed E-state index contributed by atoms with van der Waals surface area (Å²) in [6, 6.07) is 2.47. The number of piperazine rings is 1. The van der Waals surface area contributed by atoms with E-state index in [1.807, 2.05) is 0 Å². The van der Waals surface area contributed by atoms with Gasteiger partial charge in [-0.05, 0) is 26.0 Å². The van der Waals surface area contributed by atoms with Crippen LogP contribution in [0.3, 0.4) is 0 Å². The molecule has 0 aliphatic carbocycles. The van der Waals surface area contributed by atoms with Gasteiger partial charge in [0, 0.05) is 26.2 Å². The maximum Gasteiger partial charge on any atom is 0.409 e. The van der Waals surface area contributed by atoms with Crippen molar-refractivity contribution in [3.05, 3.63) is 24.2 Å². The zero-order valence-electron chi connectivity index (χ0n) is 13.3. The lowest BCUT2D eigenvalue weighted by molar-refractivity contribution is -0.134. The molecule has 2 rings (SSSR count). The standard InChI is InChI=1S/C15H21N3O5/c1-3-22-15(21)18-8-6-17(7-9-18)14(20)11(2)16-13(19)12-5-4-10-23-12/h4-5,10-11H,3,6-9H2,1-2H3,(H,16,19)/t11-/m0/s1. The molecule has 0 bridgehead atoms. The van der Waals surface area contributed by atoms with Crippen LogP contribution in [0.2, 0.25) is 0 Å². The van der Waals surface area contributed by atoms with Crippen molar-refractivity contribution in [2.75, 3.05) is 32.8 Å². The minimum absolute atomic E-state index is 0.164. The number of furan rings is 1. The van der Waals surface area contributed by atoms with Crippen molar-refractivity contribution in [1.82, 2.24) is 15.1 Å². The van der Waals surface area contributed by atoms with Crippen LogP contribution in [0.15, 0.2) is 22.8 Å². The number of nitrogens with zero attached hydrogens (tertiary/aromatic N) is 2. The molecule has 2 heterocycles. The second-order valence-electron chi connectivity index (χ2n) is 5.18. The third-order valence-corrected chi connectivity index (χ3v) is 3.58. The number of carbonyl (C=O) groups is 3. The normalized spacial score (nSPS) is 15.9. The first-order valence-electron chi connectivity index (χ1n) is 7.57. The first-order chi connectivity index (χ1) is 11.0. The van der Waals surface area contributed by atoms with E-state index in [1.54, 1.807) is 29.7 Å². The minimum atomic E-state index is -0.665. The highest BCUT2D eigenvalue weighted by Crippen LogP contribution is 2.07. The van der Waals surface area contributed by atoms with Gasteiger partial charge in [0.15, 0.2) is 5.76 Å². The van der Waals surface area contributed by atoms with Gasteiger partial charge in [0.2, 0.25) is 5.91 Å². The molecule has 1 aromatic heterocycles. The molecule has 1 fully saturated rings. The fraction of sp³-hybridized carbons (Fsp3) is 0.533. The zero-order chi connectivity index (χ0) is 16.8. The maximum absolute atomic E-state index is 12.4. The van der Waals surface area contributed by atoms with E-state index in [-0.39, 0.29) is 17.8 Å². The van der Waals surface area contributed by atoms with Crippen molar-refractivity contribution in [1.29, 1.82) is 0 Å². The van der Waals surface area contributed by atoms with Gasteiger partial charge in [-0.1, -0.05) is 0 Å². The fourth-order valence-corrected chi connectivity index (χ4v) is 2.34. The molecule has 1 aliphatic heterocycles. The summed E-state index contributed by atoms with van der Waals surface area (Å²) in [7, 11) is 0. The van der Waals surface area contributed by atoms with Crippen LogP contribution in [0.5, 0.6) is 0 Å². The second-order valence-corrected chi connectivity index (χ2v) is 5.18. The summed E-state index contributed by atoms with van der Waals surface area (Å²) in [6.07, 6.45) is 1.04. The van der Waals surface area contributed by atoms with Crippen molar-refractivity contribution >= 4 is 17.9 Å². The Hall–Kier alpha value is -2.51. The van der Waals surface area contributed by atoms with Crippen molar-refractivity contribution in [2.45, 2.75) is 19.9 Å². The van der Waals surface area contributed by atoms with Gasteiger partial charge in [0.05, 0.1) is 12.9 Å². The van der Waals surface area contributed by atoms with Crippen LogP contribution in [0.1, 0.15) is 24.4 Å². The van der Waals surface area contributed by atoms with Gasteiger partial charge in [0.1, 0.15) is 6.04 Å². The lowest BCUT2D eigenvalue weighted by atomic mass is 10.2. The highest BCUT2D eigenvalue weighted by Gasteiger charge is 2.28. The summed E-state index contributed by atoms with van der Waals surface area (Å²) in [5.41, 5.74) is 0. The number of hydrogen-bond acceptors (Lipinski definition) is 5. The highest BCUT2D eigenvalue weighted by molar-refractivity contribution is 5.95. The molecular formula is C15H21N3O5. The summed E-state index contributed by atoms with van der Waals surface area (Å²) in [5.74, 6) is -0.453. The number of carbonyl (C=O) groups excluding carboxylic acids is 3. The minimum Gasteiger partial charge on any atom is -0.459 e. The second kappa shape index (κ2) is 7.66. The van der Waals surface area contributed by atoms with E-state index in [9.17, 15) is 14.4 Å². The Morgan fingerprint density at radius 2 is 1.91 bits per heavy atom. The molecule has 0 aromatic carbocycles. The summed E-state index contributed by atoms with van der Waals surface area (Å²) in [5, 5.41) is 2.60. The largest absolute Gasteiger partial charge is 0.459 e. The van der Waals surface area contributed by atoms with E-state index >= 15 is 0 Å². The van der Waals surface area contributed by atoms with Crippen molar-refractivity contribution in [3.8, 4) is 0 Å². The Morgan fingerprint density at radius 3 is 2.48 bits per heavy atom. The molecule has 0 spiro atoms. The van der Waals surface area contributed by atoms with E-state index in [1.165, 1.54) is 12.3 Å². The topological polar surface area (TPSA) is 92.1 Å². The van der Waals surface area contributed by atoms with E-state index < -0.39 is 11.9 Å². The van der Waals surface area contributed by atoms with E-state index in [0.717, 1.165) is 0 Å². The van der Waals surface area contributed by atoms with E-state index in [0.29, 0.717) is 32.8 Å². The third kappa shape index (κ3) is 4.24. The van der Waals surface area contributed by atoms with Gasteiger partial charge in [-0.3, -0.25) is 9.59 Å². The average Bonchev–Trinajstić information content (AvgIpc) is 3.09. The number of amides is 3. The zero-order valence-corrected chi connectivity index (χ0v) is 13.3. The molecule has 0 unspecified atom stereocenters. The molecule has 0 radical (unpaired) electrons. The summed E-state index contributed by atoms with van der Waals surface area (Å²) < 4.78 is 9.92. The molecule has 1 atom stereocenters. The Balaban J connectivity index is 1.82. The average molecular weight is 323 g/mol. The molecule has 8 heteroatoms. The van der Waals surface area contributed by atoms with Gasteiger partial charge in [0.25, 0.3) is 5.91 Å².